The number of anilines is 1. The summed E-state index contributed by atoms with van der Waals surface area (Å²) in [7, 11) is 0. The van der Waals surface area contributed by atoms with Crippen LogP contribution in [0.1, 0.15) is 46.6 Å². The number of hydrogen-bond acceptors (Lipinski definition) is 4. The van der Waals surface area contributed by atoms with Crippen LogP contribution in [0.25, 0.3) is 0 Å². The Labute approximate surface area is 215 Å². The molecular weight excluding hydrogens is 478 g/mol. The highest BCUT2D eigenvalue weighted by molar-refractivity contribution is 7.10. The molecule has 3 aromatic rings. The van der Waals surface area contributed by atoms with E-state index in [1.807, 2.05) is 63.7 Å². The zero-order valence-corrected chi connectivity index (χ0v) is 21.6. The smallest absolute Gasteiger partial charge is 0.254 e. The predicted octanol–water partition coefficient (Wildman–Crippen LogP) is 5.69. The monoisotopic (exact) mass is 507 g/mol. The summed E-state index contributed by atoms with van der Waals surface area (Å²) in [6.45, 7) is 7.62. The Morgan fingerprint density at radius 2 is 1.80 bits per heavy atom. The van der Waals surface area contributed by atoms with Crippen molar-refractivity contribution in [3.63, 3.8) is 0 Å². The second kappa shape index (κ2) is 10.0. The third kappa shape index (κ3) is 4.69. The van der Waals surface area contributed by atoms with Gasteiger partial charge >= 0.3 is 0 Å². The molecule has 5 rings (SSSR count). The molecule has 1 aromatic heterocycles. The van der Waals surface area contributed by atoms with E-state index in [0.29, 0.717) is 36.1 Å². The van der Waals surface area contributed by atoms with Gasteiger partial charge in [0.25, 0.3) is 5.91 Å². The summed E-state index contributed by atoms with van der Waals surface area (Å²) < 4.78 is 0. The quantitative estimate of drug-likeness (QED) is 0.446. The van der Waals surface area contributed by atoms with Gasteiger partial charge in [-0.1, -0.05) is 55.8 Å². The van der Waals surface area contributed by atoms with E-state index in [2.05, 4.69) is 30.9 Å². The molecule has 2 aliphatic rings. The highest BCUT2D eigenvalue weighted by Crippen LogP contribution is 2.45. The summed E-state index contributed by atoms with van der Waals surface area (Å²) in [6, 6.07) is 19.3. The first-order chi connectivity index (χ1) is 16.9. The van der Waals surface area contributed by atoms with Gasteiger partial charge in [-0.2, -0.15) is 0 Å². The molecule has 0 spiro atoms. The standard InChI is InChI=1S/C28H30ClN3O2S/c1-19(2)18-32-26(24-11-6-16-35-24)25(22-9-3-4-10-23(22)27(32)33)28(34)31-14-12-30(13-15-31)21-8-5-7-20(29)17-21/h3-11,16-17,19,25-26H,12-15,18H2,1-2H3. The fraction of sp³-hybridized carbons (Fsp3) is 0.357. The molecule has 0 N–H and O–H groups in total. The number of piperazine rings is 1. The third-order valence-electron chi connectivity index (χ3n) is 6.87. The lowest BCUT2D eigenvalue weighted by atomic mass is 9.80. The first-order valence-corrected chi connectivity index (χ1v) is 13.4. The molecule has 0 aliphatic carbocycles. The second-order valence-corrected chi connectivity index (χ2v) is 11.1. The Morgan fingerprint density at radius 1 is 1.03 bits per heavy atom. The molecule has 1 fully saturated rings. The minimum Gasteiger partial charge on any atom is -0.368 e. The maximum absolute atomic E-state index is 14.2. The van der Waals surface area contributed by atoms with Gasteiger partial charge in [0, 0.05) is 53.9 Å². The Balaban J connectivity index is 1.47. The second-order valence-electron chi connectivity index (χ2n) is 9.67. The number of carbonyl (C=O) groups excluding carboxylic acids is 2. The fourth-order valence-electron chi connectivity index (χ4n) is 5.28. The Morgan fingerprint density at radius 3 is 2.49 bits per heavy atom. The normalized spacial score (nSPS) is 20.3. The molecule has 35 heavy (non-hydrogen) atoms. The van der Waals surface area contributed by atoms with Crippen LogP contribution in [-0.2, 0) is 4.79 Å². The van der Waals surface area contributed by atoms with E-state index in [9.17, 15) is 9.59 Å². The Hall–Kier alpha value is -2.83. The minimum atomic E-state index is -0.418. The molecule has 1 saturated heterocycles. The number of amides is 2. The molecule has 2 unspecified atom stereocenters. The molecule has 182 valence electrons. The van der Waals surface area contributed by atoms with Crippen molar-refractivity contribution in [1.82, 2.24) is 9.80 Å². The summed E-state index contributed by atoms with van der Waals surface area (Å²) in [6.07, 6.45) is 0. The molecule has 2 atom stereocenters. The minimum absolute atomic E-state index is 0.0162. The van der Waals surface area contributed by atoms with Crippen LogP contribution < -0.4 is 4.90 Å². The largest absolute Gasteiger partial charge is 0.368 e. The lowest BCUT2D eigenvalue weighted by Gasteiger charge is -2.44. The van der Waals surface area contributed by atoms with Crippen molar-refractivity contribution in [3.8, 4) is 0 Å². The van der Waals surface area contributed by atoms with Gasteiger partial charge in [-0.15, -0.1) is 11.3 Å². The fourth-order valence-corrected chi connectivity index (χ4v) is 6.34. The van der Waals surface area contributed by atoms with E-state index in [4.69, 9.17) is 11.6 Å². The van der Waals surface area contributed by atoms with Crippen molar-refractivity contribution in [2.24, 2.45) is 5.92 Å². The number of fused-ring (bicyclic) bond motifs is 1. The van der Waals surface area contributed by atoms with E-state index in [1.165, 1.54) is 0 Å². The Bertz CT molecular complexity index is 1200. The summed E-state index contributed by atoms with van der Waals surface area (Å²) >= 11 is 7.81. The van der Waals surface area contributed by atoms with Crippen molar-refractivity contribution >= 4 is 40.4 Å². The molecular formula is C28H30ClN3O2S. The van der Waals surface area contributed by atoms with Crippen LogP contribution in [0, 0.1) is 5.92 Å². The molecule has 5 nitrogen and oxygen atoms in total. The highest BCUT2D eigenvalue weighted by atomic mass is 35.5. The van der Waals surface area contributed by atoms with E-state index < -0.39 is 5.92 Å². The van der Waals surface area contributed by atoms with Gasteiger partial charge in [-0.05, 0) is 47.2 Å². The molecule has 2 aliphatic heterocycles. The summed E-state index contributed by atoms with van der Waals surface area (Å²) in [5.41, 5.74) is 2.58. The van der Waals surface area contributed by atoms with Crippen LogP contribution in [-0.4, -0.2) is 54.3 Å². The van der Waals surface area contributed by atoms with Crippen molar-refractivity contribution in [3.05, 3.63) is 87.1 Å². The summed E-state index contributed by atoms with van der Waals surface area (Å²) in [5, 5.41) is 2.74. The number of carbonyl (C=O) groups is 2. The van der Waals surface area contributed by atoms with E-state index in [-0.39, 0.29) is 17.9 Å². The van der Waals surface area contributed by atoms with Gasteiger partial charge in [-0.25, -0.2) is 0 Å². The number of nitrogens with zero attached hydrogens (tertiary/aromatic N) is 3. The van der Waals surface area contributed by atoms with Gasteiger partial charge in [0.15, 0.2) is 0 Å². The summed E-state index contributed by atoms with van der Waals surface area (Å²) in [5.74, 6) is -0.00642. The maximum Gasteiger partial charge on any atom is 0.254 e. The molecule has 0 saturated carbocycles. The van der Waals surface area contributed by atoms with Crippen LogP contribution in [0.15, 0.2) is 66.0 Å². The molecule has 2 aromatic carbocycles. The number of rotatable bonds is 5. The SMILES string of the molecule is CC(C)CN1C(=O)c2ccccc2C(C(=O)N2CCN(c3cccc(Cl)c3)CC2)C1c1cccs1. The van der Waals surface area contributed by atoms with Crippen LogP contribution in [0.5, 0.6) is 0 Å². The number of hydrogen-bond donors (Lipinski definition) is 0. The molecule has 0 bridgehead atoms. The van der Waals surface area contributed by atoms with E-state index in [1.54, 1.807) is 11.3 Å². The number of halogens is 1. The van der Waals surface area contributed by atoms with Crippen molar-refractivity contribution in [2.75, 3.05) is 37.6 Å². The number of benzene rings is 2. The van der Waals surface area contributed by atoms with Crippen LogP contribution in [0.3, 0.4) is 0 Å². The van der Waals surface area contributed by atoms with Gasteiger partial charge < -0.3 is 14.7 Å². The molecule has 3 heterocycles. The van der Waals surface area contributed by atoms with Crippen LogP contribution >= 0.6 is 22.9 Å². The average molecular weight is 508 g/mol. The Kier molecular flexibility index (Phi) is 6.85. The first kappa shape index (κ1) is 23.9. The zero-order valence-electron chi connectivity index (χ0n) is 20.1. The van der Waals surface area contributed by atoms with Crippen molar-refractivity contribution in [1.29, 1.82) is 0 Å². The van der Waals surface area contributed by atoms with Crippen LogP contribution in [0.2, 0.25) is 5.02 Å². The lowest BCUT2D eigenvalue weighted by molar-refractivity contribution is -0.135. The highest BCUT2D eigenvalue weighted by Gasteiger charge is 2.46. The maximum atomic E-state index is 14.2. The van der Waals surface area contributed by atoms with Crippen molar-refractivity contribution in [2.45, 2.75) is 25.8 Å². The van der Waals surface area contributed by atoms with E-state index in [0.717, 1.165) is 29.2 Å². The third-order valence-corrected chi connectivity index (χ3v) is 8.04. The van der Waals surface area contributed by atoms with Gasteiger partial charge in [0.2, 0.25) is 5.91 Å². The topological polar surface area (TPSA) is 43.9 Å². The van der Waals surface area contributed by atoms with Crippen molar-refractivity contribution < 1.29 is 9.59 Å². The lowest BCUT2D eigenvalue weighted by Crippen LogP contribution is -2.53. The molecule has 0 radical (unpaired) electrons. The van der Waals surface area contributed by atoms with Gasteiger partial charge in [-0.3, -0.25) is 9.59 Å². The zero-order chi connectivity index (χ0) is 24.5. The number of thiophene rings is 1. The summed E-state index contributed by atoms with van der Waals surface area (Å²) in [4.78, 5) is 35.1. The van der Waals surface area contributed by atoms with Crippen LogP contribution in [0.4, 0.5) is 5.69 Å². The first-order valence-electron chi connectivity index (χ1n) is 12.2. The van der Waals surface area contributed by atoms with Gasteiger partial charge in [0.1, 0.15) is 0 Å². The predicted molar refractivity (Wildman–Crippen MR) is 142 cm³/mol. The van der Waals surface area contributed by atoms with Gasteiger partial charge in [0.05, 0.1) is 12.0 Å². The van der Waals surface area contributed by atoms with E-state index >= 15 is 0 Å². The molecule has 7 heteroatoms. The average Bonchev–Trinajstić information content (AvgIpc) is 3.40. The molecule has 2 amide bonds.